The van der Waals surface area contributed by atoms with Gasteiger partial charge in [0.05, 0.1) is 61.0 Å². The number of hydrogen-bond donors (Lipinski definition) is 4. The number of hydrazone groups is 2. The lowest BCUT2D eigenvalue weighted by atomic mass is 10.1. The predicted molar refractivity (Wildman–Crippen MR) is 247 cm³/mol. The number of nitriles is 2. The topological polar surface area (TPSA) is 214 Å². The molecule has 4 aromatic carbocycles. The third-order valence-corrected chi connectivity index (χ3v) is 10.8. The van der Waals surface area contributed by atoms with Gasteiger partial charge in [-0.15, -0.1) is 0 Å². The van der Waals surface area contributed by atoms with Gasteiger partial charge in [-0.2, -0.15) is 20.7 Å². The van der Waals surface area contributed by atoms with E-state index < -0.39 is 12.2 Å². The van der Waals surface area contributed by atoms with E-state index in [1.54, 1.807) is 54.6 Å². The van der Waals surface area contributed by atoms with Crippen molar-refractivity contribution < 1.29 is 28.7 Å². The molecule has 63 heavy (non-hydrogen) atoms. The lowest BCUT2D eigenvalue weighted by molar-refractivity contribution is 0.159. The standard InChI is InChI=1S/C23H25N5O3S.C22H23N5O3S/c1-2-25-11-4-12-31-22(29)26-20-6-3-5-18(13-20)15-28-23(30)32-16-21(27-28)19-9-7-17(14-24)8-10-19;1-24-10-3-11-30-21(28)25-19-5-2-4-17(12-19)14-27-22(29)31-15-20(26-27)18-8-6-16(13-23)7-9-18/h3,5-10,13,25H,2,4,11-12,15-16H2,1H3,(H,26,29);2,4-9,12,24H,3,10-11,14-15H2,1H3,(H,25,28). The molecule has 4 aromatic rings. The molecule has 0 fully saturated rings. The molecule has 0 aliphatic carbocycles. The molecule has 0 saturated carbocycles. The maximum atomic E-state index is 12.4. The first-order chi connectivity index (χ1) is 30.7. The van der Waals surface area contributed by atoms with Crippen molar-refractivity contribution in [2.45, 2.75) is 32.9 Å². The van der Waals surface area contributed by atoms with E-state index >= 15 is 0 Å². The Morgan fingerprint density at radius 1 is 0.683 bits per heavy atom. The summed E-state index contributed by atoms with van der Waals surface area (Å²) in [5.74, 6) is 0.949. The third kappa shape index (κ3) is 15.6. The molecule has 0 unspecified atom stereocenters. The number of carbonyl (C=O) groups is 4. The predicted octanol–water partition coefficient (Wildman–Crippen LogP) is 7.97. The SMILES string of the molecule is CCNCCCOC(=O)Nc1cccc(CN2N=C(c3ccc(C#N)cc3)CSC2=O)c1.CNCCCOC(=O)Nc1cccc(CN2N=C(c3ccc(C#N)cc3)CSC2=O)c1. The minimum atomic E-state index is -0.515. The number of amides is 4. The van der Waals surface area contributed by atoms with Crippen molar-refractivity contribution in [1.29, 1.82) is 10.5 Å². The van der Waals surface area contributed by atoms with Crippen molar-refractivity contribution in [2.75, 3.05) is 62.0 Å². The Morgan fingerprint density at radius 2 is 1.13 bits per heavy atom. The number of anilines is 2. The number of hydrogen-bond acceptors (Lipinski definition) is 14. The van der Waals surface area contributed by atoms with Crippen molar-refractivity contribution in [3.05, 3.63) is 130 Å². The number of carbonyl (C=O) groups excluding carboxylic acids is 4. The monoisotopic (exact) mass is 888 g/mol. The summed E-state index contributed by atoms with van der Waals surface area (Å²) < 4.78 is 10.3. The van der Waals surface area contributed by atoms with Crippen LogP contribution >= 0.6 is 23.5 Å². The van der Waals surface area contributed by atoms with Crippen molar-refractivity contribution in [3.63, 3.8) is 0 Å². The number of rotatable bonds is 17. The number of nitrogens with one attached hydrogen (secondary N) is 4. The Hall–Kier alpha value is -6.70. The molecule has 4 amide bonds. The Kier molecular flexibility index (Phi) is 19.0. The average Bonchev–Trinajstić information content (AvgIpc) is 3.30. The molecule has 2 aliphatic heterocycles. The number of benzene rings is 4. The highest BCUT2D eigenvalue weighted by atomic mass is 32.2. The van der Waals surface area contributed by atoms with Crippen LogP contribution in [0.2, 0.25) is 0 Å². The quantitative estimate of drug-likeness (QED) is 0.0744. The first-order valence-corrected chi connectivity index (χ1v) is 22.1. The van der Waals surface area contributed by atoms with Gasteiger partial charge in [-0.25, -0.2) is 19.6 Å². The second kappa shape index (κ2) is 25.3. The van der Waals surface area contributed by atoms with Crippen LogP contribution in [-0.2, 0) is 22.6 Å². The maximum absolute atomic E-state index is 12.4. The summed E-state index contributed by atoms with van der Waals surface area (Å²) in [6, 6.07) is 32.9. The second-order valence-electron chi connectivity index (χ2n) is 13.8. The molecule has 16 nitrogen and oxygen atoms in total. The van der Waals surface area contributed by atoms with Gasteiger partial charge in [0.25, 0.3) is 0 Å². The Balaban J connectivity index is 0.000000238. The van der Waals surface area contributed by atoms with E-state index in [0.29, 0.717) is 47.2 Å². The van der Waals surface area contributed by atoms with Gasteiger partial charge in [-0.1, -0.05) is 79.0 Å². The van der Waals surface area contributed by atoms with E-state index in [-0.39, 0.29) is 23.6 Å². The van der Waals surface area contributed by atoms with E-state index in [2.05, 4.69) is 43.6 Å². The molecule has 0 bridgehead atoms. The molecule has 0 aromatic heterocycles. The summed E-state index contributed by atoms with van der Waals surface area (Å²) in [4.78, 5) is 48.6. The fraction of sp³-hybridized carbons (Fsp3) is 0.289. The van der Waals surface area contributed by atoms with E-state index in [1.165, 1.54) is 33.5 Å². The fourth-order valence-electron chi connectivity index (χ4n) is 5.90. The van der Waals surface area contributed by atoms with Crippen LogP contribution in [0.4, 0.5) is 30.6 Å². The van der Waals surface area contributed by atoms with E-state index in [4.69, 9.17) is 20.0 Å². The van der Waals surface area contributed by atoms with Gasteiger partial charge < -0.3 is 20.1 Å². The van der Waals surface area contributed by atoms with Gasteiger partial charge in [0.15, 0.2) is 0 Å². The van der Waals surface area contributed by atoms with Gasteiger partial charge in [-0.3, -0.25) is 20.2 Å². The maximum Gasteiger partial charge on any atom is 0.411 e. The summed E-state index contributed by atoms with van der Waals surface area (Å²) in [5.41, 5.74) is 7.28. The molecule has 0 atom stereocenters. The third-order valence-electron chi connectivity index (χ3n) is 9.06. The van der Waals surface area contributed by atoms with Crippen molar-refractivity contribution >= 4 is 69.0 Å². The molecule has 0 spiro atoms. The molecule has 6 rings (SSSR count). The second-order valence-corrected chi connectivity index (χ2v) is 15.6. The van der Waals surface area contributed by atoms with Gasteiger partial charge in [0.2, 0.25) is 0 Å². The highest BCUT2D eigenvalue weighted by Crippen LogP contribution is 2.25. The Morgan fingerprint density at radius 3 is 1.54 bits per heavy atom. The van der Waals surface area contributed by atoms with Crippen LogP contribution in [0, 0.1) is 22.7 Å². The van der Waals surface area contributed by atoms with Crippen molar-refractivity contribution in [3.8, 4) is 12.1 Å². The first-order valence-electron chi connectivity index (χ1n) is 20.1. The average molecular weight is 889 g/mol. The number of thioether (sulfide) groups is 2. The highest BCUT2D eigenvalue weighted by Gasteiger charge is 2.24. The largest absolute Gasteiger partial charge is 0.449 e. The van der Waals surface area contributed by atoms with Crippen LogP contribution in [0.3, 0.4) is 0 Å². The Labute approximate surface area is 375 Å². The molecular weight excluding hydrogens is 841 g/mol. The molecule has 4 N–H and O–H groups in total. The number of ether oxygens (including phenoxy) is 2. The van der Waals surface area contributed by atoms with Crippen LogP contribution in [-0.4, -0.2) is 95.5 Å². The molecule has 326 valence electrons. The lowest BCUT2D eigenvalue weighted by Gasteiger charge is -2.23. The molecule has 0 radical (unpaired) electrons. The van der Waals surface area contributed by atoms with Crippen molar-refractivity contribution in [2.24, 2.45) is 10.2 Å². The van der Waals surface area contributed by atoms with Gasteiger partial charge >= 0.3 is 22.7 Å². The molecule has 18 heteroatoms. The summed E-state index contributed by atoms with van der Waals surface area (Å²) in [5, 5.41) is 41.1. The smallest absolute Gasteiger partial charge is 0.411 e. The van der Waals surface area contributed by atoms with E-state index in [9.17, 15) is 19.2 Å². The minimum absolute atomic E-state index is 0.138. The molecule has 2 heterocycles. The summed E-state index contributed by atoms with van der Waals surface area (Å²) in [6.45, 7) is 5.70. The molecule has 2 aliphatic rings. The zero-order valence-corrected chi connectivity index (χ0v) is 36.6. The molecular formula is C45H48N10O6S2. The van der Waals surface area contributed by atoms with Crippen LogP contribution < -0.4 is 21.3 Å². The normalized spacial score (nSPS) is 13.3. The first kappa shape index (κ1) is 47.4. The molecule has 0 saturated heterocycles. The van der Waals surface area contributed by atoms with Gasteiger partial charge in [0.1, 0.15) is 0 Å². The summed E-state index contributed by atoms with van der Waals surface area (Å²) in [7, 11) is 1.84. The Bertz CT molecular complexity index is 2350. The van der Waals surface area contributed by atoms with Gasteiger partial charge in [-0.05, 0) is 110 Å². The van der Waals surface area contributed by atoms with Crippen LogP contribution in [0.5, 0.6) is 0 Å². The summed E-state index contributed by atoms with van der Waals surface area (Å²) in [6.07, 6.45) is 0.455. The van der Waals surface area contributed by atoms with E-state index in [0.717, 1.165) is 66.2 Å². The highest BCUT2D eigenvalue weighted by molar-refractivity contribution is 8.14. The van der Waals surface area contributed by atoms with Gasteiger partial charge in [0, 0.05) is 22.9 Å². The number of nitrogens with zero attached hydrogens (tertiary/aromatic N) is 6. The van der Waals surface area contributed by atoms with Crippen LogP contribution in [0.1, 0.15) is 53.1 Å². The fourth-order valence-corrected chi connectivity index (χ4v) is 7.38. The van der Waals surface area contributed by atoms with Crippen LogP contribution in [0.25, 0.3) is 0 Å². The zero-order valence-electron chi connectivity index (χ0n) is 35.0. The zero-order chi connectivity index (χ0) is 44.8. The van der Waals surface area contributed by atoms with Crippen LogP contribution in [0.15, 0.2) is 107 Å². The lowest BCUT2D eigenvalue weighted by Crippen LogP contribution is -2.29. The summed E-state index contributed by atoms with van der Waals surface area (Å²) >= 11 is 2.37. The van der Waals surface area contributed by atoms with Crippen molar-refractivity contribution in [1.82, 2.24) is 20.7 Å². The minimum Gasteiger partial charge on any atom is -0.449 e. The van der Waals surface area contributed by atoms with E-state index in [1.807, 2.05) is 56.4 Å².